The average Bonchev–Trinajstić information content (AvgIpc) is 2.09. The second-order valence-corrected chi connectivity index (χ2v) is 3.31. The molecule has 0 fully saturated rings. The van der Waals surface area contributed by atoms with Crippen LogP contribution in [0.1, 0.15) is 5.56 Å². The van der Waals surface area contributed by atoms with E-state index >= 15 is 0 Å². The number of hydrogen-bond acceptors (Lipinski definition) is 2. The van der Waals surface area contributed by atoms with Crippen molar-refractivity contribution in [3.8, 4) is 0 Å². The van der Waals surface area contributed by atoms with Gasteiger partial charge in [-0.05, 0) is 17.7 Å². The summed E-state index contributed by atoms with van der Waals surface area (Å²) in [6.07, 6.45) is 1.88. The Hall–Kier alpha value is -1.02. The molecule has 0 heterocycles. The molecule has 0 N–H and O–H groups in total. The van der Waals surface area contributed by atoms with Gasteiger partial charge in [0.2, 0.25) is 6.08 Å². The van der Waals surface area contributed by atoms with Gasteiger partial charge in [-0.3, -0.25) is 0 Å². The van der Waals surface area contributed by atoms with Gasteiger partial charge in [0, 0.05) is 11.4 Å². The number of carbonyl (C=O) groups excluding carboxylic acids is 1. The predicted molar refractivity (Wildman–Crippen MR) is 55.9 cm³/mol. The van der Waals surface area contributed by atoms with E-state index in [9.17, 15) is 4.79 Å². The average molecular weight is 212 g/mol. The van der Waals surface area contributed by atoms with Crippen LogP contribution in [0.4, 0.5) is 0 Å². The number of halogens is 1. The molecule has 13 heavy (non-hydrogen) atoms. The number of nitrogens with zero attached hydrogens (tertiary/aromatic N) is 1. The summed E-state index contributed by atoms with van der Waals surface area (Å²) >= 11 is 10.5. The van der Waals surface area contributed by atoms with Gasteiger partial charge in [-0.2, -0.15) is 4.99 Å². The van der Waals surface area contributed by atoms with Crippen LogP contribution >= 0.6 is 23.8 Å². The van der Waals surface area contributed by atoms with E-state index in [0.717, 1.165) is 5.56 Å². The zero-order chi connectivity index (χ0) is 9.68. The predicted octanol–water partition coefficient (Wildman–Crippen LogP) is 2.55. The molecule has 0 aliphatic carbocycles. The fraction of sp³-hybridized carbons (Fsp3) is 0.111. The quantitative estimate of drug-likeness (QED) is 0.428. The van der Waals surface area contributed by atoms with E-state index in [0.29, 0.717) is 16.4 Å². The smallest absolute Gasteiger partial charge is 0.211 e. The highest BCUT2D eigenvalue weighted by Crippen LogP contribution is 2.10. The van der Waals surface area contributed by atoms with Crippen molar-refractivity contribution in [2.24, 2.45) is 4.99 Å². The van der Waals surface area contributed by atoms with Crippen molar-refractivity contribution in [2.75, 3.05) is 0 Å². The van der Waals surface area contributed by atoms with Gasteiger partial charge >= 0.3 is 0 Å². The number of rotatable bonds is 2. The van der Waals surface area contributed by atoms with Crippen molar-refractivity contribution >= 4 is 34.9 Å². The highest BCUT2D eigenvalue weighted by atomic mass is 35.5. The van der Waals surface area contributed by atoms with Gasteiger partial charge in [0.15, 0.2) is 0 Å². The summed E-state index contributed by atoms with van der Waals surface area (Å²) in [5, 5.41) is 0.675. The maximum absolute atomic E-state index is 9.86. The van der Waals surface area contributed by atoms with Gasteiger partial charge < -0.3 is 0 Å². The van der Waals surface area contributed by atoms with E-state index in [2.05, 4.69) is 4.99 Å². The standard InChI is InChI=1S/C9H6ClNOS/c10-8-3-1-7(2-4-8)5-9(13)11-6-12/h1-4H,5H2. The lowest BCUT2D eigenvalue weighted by atomic mass is 10.1. The highest BCUT2D eigenvalue weighted by molar-refractivity contribution is 7.80. The minimum absolute atomic E-state index is 0.331. The van der Waals surface area contributed by atoms with E-state index < -0.39 is 0 Å². The molecular formula is C9H6ClNOS. The van der Waals surface area contributed by atoms with E-state index in [4.69, 9.17) is 23.8 Å². The molecule has 0 radical (unpaired) electrons. The number of aliphatic imine (C=N–C) groups is 1. The maximum Gasteiger partial charge on any atom is 0.241 e. The summed E-state index contributed by atoms with van der Waals surface area (Å²) in [4.78, 5) is 13.5. The highest BCUT2D eigenvalue weighted by Gasteiger charge is 1.97. The van der Waals surface area contributed by atoms with Crippen LogP contribution in [0.15, 0.2) is 29.3 Å². The molecule has 1 aromatic carbocycles. The third-order valence-electron chi connectivity index (χ3n) is 1.44. The minimum Gasteiger partial charge on any atom is -0.211 e. The number of hydrogen-bond donors (Lipinski definition) is 0. The van der Waals surface area contributed by atoms with Crippen molar-refractivity contribution in [1.29, 1.82) is 0 Å². The molecule has 0 bridgehead atoms. The van der Waals surface area contributed by atoms with Gasteiger partial charge in [0.1, 0.15) is 4.99 Å². The molecule has 0 saturated heterocycles. The van der Waals surface area contributed by atoms with Crippen molar-refractivity contribution in [3.63, 3.8) is 0 Å². The lowest BCUT2D eigenvalue weighted by molar-refractivity contribution is 0.566. The summed E-state index contributed by atoms with van der Waals surface area (Å²) in [6.45, 7) is 0. The topological polar surface area (TPSA) is 29.4 Å². The number of benzene rings is 1. The Morgan fingerprint density at radius 1 is 1.46 bits per heavy atom. The number of isocyanates is 1. The van der Waals surface area contributed by atoms with Crippen molar-refractivity contribution in [2.45, 2.75) is 6.42 Å². The van der Waals surface area contributed by atoms with E-state index in [1.165, 1.54) is 6.08 Å². The first-order valence-corrected chi connectivity index (χ1v) is 4.36. The first kappa shape index (κ1) is 10.1. The van der Waals surface area contributed by atoms with Crippen LogP contribution in [0.2, 0.25) is 5.02 Å². The van der Waals surface area contributed by atoms with Crippen LogP contribution in [0.5, 0.6) is 0 Å². The molecule has 66 valence electrons. The van der Waals surface area contributed by atoms with Crippen LogP contribution < -0.4 is 0 Å². The van der Waals surface area contributed by atoms with Crippen LogP contribution in [0.3, 0.4) is 0 Å². The molecule has 1 aromatic rings. The Balaban J connectivity index is 2.69. The second-order valence-electron chi connectivity index (χ2n) is 2.40. The lowest BCUT2D eigenvalue weighted by Crippen LogP contribution is -1.94. The Bertz CT molecular complexity index is 354. The van der Waals surface area contributed by atoms with Crippen LogP contribution in [0.25, 0.3) is 0 Å². The zero-order valence-electron chi connectivity index (χ0n) is 6.66. The molecule has 0 atom stereocenters. The third-order valence-corrected chi connectivity index (χ3v) is 1.93. The monoisotopic (exact) mass is 211 g/mol. The van der Waals surface area contributed by atoms with Gasteiger partial charge in [0.05, 0.1) is 0 Å². The van der Waals surface area contributed by atoms with Crippen molar-refractivity contribution in [3.05, 3.63) is 34.9 Å². The minimum atomic E-state index is 0.331. The summed E-state index contributed by atoms with van der Waals surface area (Å²) in [5.41, 5.74) is 0.980. The Morgan fingerprint density at radius 2 is 2.08 bits per heavy atom. The molecule has 2 nitrogen and oxygen atoms in total. The van der Waals surface area contributed by atoms with Gasteiger partial charge in [0.25, 0.3) is 0 Å². The molecule has 0 saturated carbocycles. The van der Waals surface area contributed by atoms with Crippen molar-refractivity contribution in [1.82, 2.24) is 0 Å². The molecular weight excluding hydrogens is 206 g/mol. The first-order valence-electron chi connectivity index (χ1n) is 3.57. The van der Waals surface area contributed by atoms with Crippen LogP contribution in [-0.2, 0) is 11.2 Å². The van der Waals surface area contributed by atoms with Gasteiger partial charge in [-0.15, -0.1) is 0 Å². The number of thiocarbonyl (C=S) groups is 1. The second kappa shape index (κ2) is 4.87. The van der Waals surface area contributed by atoms with Crippen LogP contribution in [0, 0.1) is 0 Å². The molecule has 0 aliphatic rings. The van der Waals surface area contributed by atoms with Gasteiger partial charge in [-0.25, -0.2) is 4.79 Å². The molecule has 0 aliphatic heterocycles. The molecule has 1 rings (SSSR count). The van der Waals surface area contributed by atoms with Crippen LogP contribution in [-0.4, -0.2) is 11.1 Å². The normalized spacial score (nSPS) is 9.00. The van der Waals surface area contributed by atoms with E-state index in [1.54, 1.807) is 12.1 Å². The maximum atomic E-state index is 9.86. The molecule has 4 heteroatoms. The zero-order valence-corrected chi connectivity index (χ0v) is 8.23. The molecule has 0 amide bonds. The molecule has 0 aromatic heterocycles. The largest absolute Gasteiger partial charge is 0.241 e. The summed E-state index contributed by atoms with van der Waals surface area (Å²) in [6, 6.07) is 7.22. The first-order chi connectivity index (χ1) is 6.22. The SMILES string of the molecule is O=C=NC(=S)Cc1ccc(Cl)cc1. The summed E-state index contributed by atoms with van der Waals surface area (Å²) in [5.74, 6) is 0. The van der Waals surface area contributed by atoms with Gasteiger partial charge in [-0.1, -0.05) is 36.0 Å². The third kappa shape index (κ3) is 3.47. The lowest BCUT2D eigenvalue weighted by Gasteiger charge is -1.97. The Kier molecular flexibility index (Phi) is 3.77. The fourth-order valence-electron chi connectivity index (χ4n) is 0.867. The van der Waals surface area contributed by atoms with E-state index in [-0.39, 0.29) is 0 Å². The Morgan fingerprint density at radius 3 is 2.62 bits per heavy atom. The Labute approximate surface area is 86.2 Å². The molecule has 0 spiro atoms. The fourth-order valence-corrected chi connectivity index (χ4v) is 1.20. The molecule has 0 unspecified atom stereocenters. The summed E-state index contributed by atoms with van der Waals surface area (Å²) in [7, 11) is 0. The van der Waals surface area contributed by atoms with Crippen molar-refractivity contribution < 1.29 is 4.79 Å². The van der Waals surface area contributed by atoms with E-state index in [1.807, 2.05) is 12.1 Å². The summed E-state index contributed by atoms with van der Waals surface area (Å²) < 4.78 is 0.